The van der Waals surface area contributed by atoms with Crippen molar-refractivity contribution in [1.82, 2.24) is 5.32 Å². The largest absolute Gasteiger partial charge is 0.483 e. The van der Waals surface area contributed by atoms with Gasteiger partial charge in [-0.05, 0) is 25.1 Å². The van der Waals surface area contributed by atoms with Gasteiger partial charge in [0.25, 0.3) is 5.91 Å². The van der Waals surface area contributed by atoms with Gasteiger partial charge >= 0.3 is 18.4 Å². The highest BCUT2D eigenvalue weighted by Gasteiger charge is 2.40. The SMILES string of the molecule is C[C@H]1NC(=O)N(c2ccc(OCC(F)(F)F)c(C(F)(F)F)c2)C1=O. The molecule has 1 heterocycles. The monoisotopic (exact) mass is 356 g/mol. The number of hydrogen-bond donors (Lipinski definition) is 1. The highest BCUT2D eigenvalue weighted by atomic mass is 19.4. The molecular formula is C13H10F6N2O3. The number of carbonyl (C=O) groups excluding carboxylic acids is 2. The zero-order valence-corrected chi connectivity index (χ0v) is 12.0. The fraction of sp³-hybridized carbons (Fsp3) is 0.385. The summed E-state index contributed by atoms with van der Waals surface area (Å²) in [5, 5.41) is 2.21. The van der Waals surface area contributed by atoms with Gasteiger partial charge in [-0.25, -0.2) is 9.69 Å². The number of alkyl halides is 6. The molecule has 0 aromatic heterocycles. The molecule has 0 saturated carbocycles. The van der Waals surface area contributed by atoms with Crippen LogP contribution in [-0.2, 0) is 11.0 Å². The lowest BCUT2D eigenvalue weighted by atomic mass is 10.1. The molecule has 5 nitrogen and oxygen atoms in total. The summed E-state index contributed by atoms with van der Waals surface area (Å²) in [4.78, 5) is 23.9. The molecule has 3 amide bonds. The van der Waals surface area contributed by atoms with Gasteiger partial charge in [-0.3, -0.25) is 4.79 Å². The summed E-state index contributed by atoms with van der Waals surface area (Å²) in [5.74, 6) is -1.83. The number of imide groups is 1. The van der Waals surface area contributed by atoms with Crippen molar-refractivity contribution >= 4 is 17.6 Å². The number of halogens is 6. The Bertz CT molecular complexity index is 671. The Kier molecular flexibility index (Phi) is 4.38. The summed E-state index contributed by atoms with van der Waals surface area (Å²) in [6.07, 6.45) is -9.86. The van der Waals surface area contributed by atoms with E-state index in [0.717, 1.165) is 6.07 Å². The van der Waals surface area contributed by atoms with Crippen LogP contribution >= 0.6 is 0 Å². The van der Waals surface area contributed by atoms with Gasteiger partial charge in [-0.15, -0.1) is 0 Å². The zero-order chi connectivity index (χ0) is 18.3. The first kappa shape index (κ1) is 17.9. The van der Waals surface area contributed by atoms with Gasteiger partial charge in [-0.1, -0.05) is 0 Å². The average Bonchev–Trinajstić information content (AvgIpc) is 2.68. The molecule has 0 unspecified atom stereocenters. The maximum absolute atomic E-state index is 13.0. The van der Waals surface area contributed by atoms with E-state index in [2.05, 4.69) is 10.1 Å². The maximum atomic E-state index is 13.0. The van der Waals surface area contributed by atoms with E-state index in [4.69, 9.17) is 0 Å². The van der Waals surface area contributed by atoms with Crippen molar-refractivity contribution in [1.29, 1.82) is 0 Å². The van der Waals surface area contributed by atoms with Crippen molar-refractivity contribution < 1.29 is 40.7 Å². The fourth-order valence-electron chi connectivity index (χ4n) is 2.01. The summed E-state index contributed by atoms with van der Waals surface area (Å²) < 4.78 is 79.7. The Balaban J connectivity index is 2.40. The predicted molar refractivity (Wildman–Crippen MR) is 68.5 cm³/mol. The second-order valence-electron chi connectivity index (χ2n) is 4.93. The zero-order valence-electron chi connectivity index (χ0n) is 12.0. The van der Waals surface area contributed by atoms with Crippen molar-refractivity contribution in [2.24, 2.45) is 0 Å². The summed E-state index contributed by atoms with van der Waals surface area (Å²) in [6, 6.07) is 0.0723. The van der Waals surface area contributed by atoms with Crippen molar-refractivity contribution in [3.05, 3.63) is 23.8 Å². The van der Waals surface area contributed by atoms with Gasteiger partial charge < -0.3 is 10.1 Å². The van der Waals surface area contributed by atoms with Gasteiger partial charge in [-0.2, -0.15) is 26.3 Å². The lowest BCUT2D eigenvalue weighted by Gasteiger charge is -2.19. The van der Waals surface area contributed by atoms with Crippen LogP contribution in [0.3, 0.4) is 0 Å². The first-order valence-electron chi connectivity index (χ1n) is 6.45. The van der Waals surface area contributed by atoms with E-state index in [0.29, 0.717) is 17.0 Å². The minimum Gasteiger partial charge on any atom is -0.483 e. The Labute approximate surface area is 131 Å². The number of urea groups is 1. The topological polar surface area (TPSA) is 58.6 Å². The van der Waals surface area contributed by atoms with Gasteiger partial charge in [0.2, 0.25) is 0 Å². The first-order valence-corrected chi connectivity index (χ1v) is 6.45. The van der Waals surface area contributed by atoms with E-state index < -0.39 is 53.9 Å². The summed E-state index contributed by atoms with van der Waals surface area (Å²) in [6.45, 7) is -0.568. The number of hydrogen-bond acceptors (Lipinski definition) is 3. The van der Waals surface area contributed by atoms with Crippen LogP contribution in [0.25, 0.3) is 0 Å². The third kappa shape index (κ3) is 3.71. The highest BCUT2D eigenvalue weighted by molar-refractivity contribution is 6.21. The Morgan fingerprint density at radius 3 is 2.25 bits per heavy atom. The lowest BCUT2D eigenvalue weighted by molar-refractivity contribution is -0.158. The third-order valence-corrected chi connectivity index (χ3v) is 3.05. The van der Waals surface area contributed by atoms with Crippen LogP contribution < -0.4 is 15.0 Å². The third-order valence-electron chi connectivity index (χ3n) is 3.05. The standard InChI is InChI=1S/C13H10F6N2O3/c1-6-10(22)21(11(23)20-6)7-2-3-9(24-5-12(14,15)16)8(4-7)13(17,18)19/h2-4,6H,5H2,1H3,(H,20,23)/t6-/m1/s1. The van der Waals surface area contributed by atoms with Gasteiger partial charge in [0.15, 0.2) is 6.61 Å². The van der Waals surface area contributed by atoms with Crippen molar-refractivity contribution in [2.75, 3.05) is 11.5 Å². The van der Waals surface area contributed by atoms with Crippen LogP contribution in [0.15, 0.2) is 18.2 Å². The second-order valence-corrected chi connectivity index (χ2v) is 4.93. The number of benzene rings is 1. The average molecular weight is 356 g/mol. The Morgan fingerprint density at radius 2 is 1.79 bits per heavy atom. The van der Waals surface area contributed by atoms with E-state index in [1.165, 1.54) is 6.92 Å². The molecule has 1 atom stereocenters. The van der Waals surface area contributed by atoms with Crippen LogP contribution in [0, 0.1) is 0 Å². The van der Waals surface area contributed by atoms with E-state index >= 15 is 0 Å². The van der Waals surface area contributed by atoms with E-state index in [1.54, 1.807) is 0 Å². The number of nitrogens with zero attached hydrogens (tertiary/aromatic N) is 1. The van der Waals surface area contributed by atoms with Gasteiger partial charge in [0.1, 0.15) is 11.8 Å². The Hall–Kier alpha value is -2.46. The number of nitrogens with one attached hydrogen (secondary N) is 1. The quantitative estimate of drug-likeness (QED) is 0.669. The number of rotatable bonds is 3. The fourth-order valence-corrected chi connectivity index (χ4v) is 2.01. The van der Waals surface area contributed by atoms with Crippen molar-refractivity contribution in [3.8, 4) is 5.75 Å². The van der Waals surface area contributed by atoms with Crippen LogP contribution in [0.4, 0.5) is 36.8 Å². The van der Waals surface area contributed by atoms with Gasteiger partial charge in [0.05, 0.1) is 11.3 Å². The summed E-state index contributed by atoms with van der Waals surface area (Å²) in [5.41, 5.74) is -1.95. The number of carbonyl (C=O) groups is 2. The second kappa shape index (κ2) is 5.87. The van der Waals surface area contributed by atoms with E-state index in [-0.39, 0.29) is 0 Å². The molecule has 1 fully saturated rings. The molecule has 24 heavy (non-hydrogen) atoms. The molecule has 0 bridgehead atoms. The maximum Gasteiger partial charge on any atom is 0.422 e. The number of amides is 3. The van der Waals surface area contributed by atoms with Crippen LogP contribution in [0.5, 0.6) is 5.75 Å². The first-order chi connectivity index (χ1) is 10.9. The van der Waals surface area contributed by atoms with Crippen LogP contribution in [0.1, 0.15) is 12.5 Å². The highest BCUT2D eigenvalue weighted by Crippen LogP contribution is 2.39. The number of anilines is 1. The molecule has 11 heteroatoms. The van der Waals surface area contributed by atoms with E-state index in [1.807, 2.05) is 0 Å². The summed E-state index contributed by atoms with van der Waals surface area (Å²) in [7, 11) is 0. The predicted octanol–water partition coefficient (Wildman–Crippen LogP) is 3.09. The number of ether oxygens (including phenoxy) is 1. The van der Waals surface area contributed by atoms with Crippen LogP contribution in [-0.4, -0.2) is 30.8 Å². The molecule has 1 aliphatic heterocycles. The van der Waals surface area contributed by atoms with Crippen LogP contribution in [0.2, 0.25) is 0 Å². The molecule has 0 aliphatic carbocycles. The Morgan fingerprint density at radius 1 is 1.17 bits per heavy atom. The summed E-state index contributed by atoms with van der Waals surface area (Å²) >= 11 is 0. The molecule has 0 spiro atoms. The molecule has 0 radical (unpaired) electrons. The van der Waals surface area contributed by atoms with Gasteiger partial charge in [0, 0.05) is 0 Å². The normalized spacial score (nSPS) is 18.8. The van der Waals surface area contributed by atoms with Crippen molar-refractivity contribution in [3.63, 3.8) is 0 Å². The lowest BCUT2D eigenvalue weighted by Crippen LogP contribution is -2.31. The molecule has 1 N–H and O–H groups in total. The molecular weight excluding hydrogens is 346 g/mol. The molecule has 1 saturated heterocycles. The van der Waals surface area contributed by atoms with E-state index in [9.17, 15) is 35.9 Å². The molecule has 1 aliphatic rings. The molecule has 1 aromatic rings. The molecule has 2 rings (SSSR count). The minimum absolute atomic E-state index is 0.390. The minimum atomic E-state index is -5.04. The molecule has 132 valence electrons. The van der Waals surface area contributed by atoms with Crippen molar-refractivity contribution in [2.45, 2.75) is 25.3 Å². The smallest absolute Gasteiger partial charge is 0.422 e. The molecule has 1 aromatic carbocycles.